The highest BCUT2D eigenvalue weighted by Crippen LogP contribution is 2.25. The summed E-state index contributed by atoms with van der Waals surface area (Å²) < 4.78 is 5.71. The molecule has 134 valence electrons. The molecule has 0 spiro atoms. The van der Waals surface area contributed by atoms with Crippen molar-refractivity contribution in [2.75, 3.05) is 6.54 Å². The highest BCUT2D eigenvalue weighted by Gasteiger charge is 2.17. The highest BCUT2D eigenvalue weighted by molar-refractivity contribution is 5.98. The second-order valence-corrected chi connectivity index (χ2v) is 6.76. The quantitative estimate of drug-likeness (QED) is 0.744. The maximum absolute atomic E-state index is 12.1. The Kier molecular flexibility index (Phi) is 6.51. The molecule has 0 saturated carbocycles. The third kappa shape index (κ3) is 5.55. The number of hydrogen-bond acceptors (Lipinski definition) is 4. The third-order valence-corrected chi connectivity index (χ3v) is 4.03. The predicted octanol–water partition coefficient (Wildman–Crippen LogP) is 3.62. The van der Waals surface area contributed by atoms with Crippen LogP contribution in [0.4, 0.5) is 0 Å². The van der Waals surface area contributed by atoms with Crippen LogP contribution in [-0.2, 0) is 16.0 Å². The first-order valence-corrected chi connectivity index (χ1v) is 8.67. The van der Waals surface area contributed by atoms with Gasteiger partial charge in [-0.05, 0) is 37.8 Å². The molecule has 0 aliphatic heterocycles. The van der Waals surface area contributed by atoms with Gasteiger partial charge in [-0.15, -0.1) is 0 Å². The summed E-state index contributed by atoms with van der Waals surface area (Å²) in [6, 6.07) is 7.81. The Morgan fingerprint density at radius 3 is 2.60 bits per heavy atom. The molecule has 1 amide bonds. The number of nitrogens with zero attached hydrogens (tertiary/aromatic N) is 1. The summed E-state index contributed by atoms with van der Waals surface area (Å²) in [5, 5.41) is 2.78. The fraction of sp³-hybridized carbons (Fsp3) is 0.450. The van der Waals surface area contributed by atoms with E-state index in [1.165, 1.54) is 0 Å². The van der Waals surface area contributed by atoms with Crippen molar-refractivity contribution >= 4 is 11.7 Å². The fourth-order valence-corrected chi connectivity index (χ4v) is 2.51. The third-order valence-electron chi connectivity index (χ3n) is 4.03. The van der Waals surface area contributed by atoms with Crippen LogP contribution in [0.15, 0.2) is 28.7 Å². The van der Waals surface area contributed by atoms with Gasteiger partial charge in [0, 0.05) is 12.1 Å². The number of hydrogen-bond donors (Lipinski definition) is 1. The molecule has 0 aliphatic carbocycles. The summed E-state index contributed by atoms with van der Waals surface area (Å²) in [6.45, 7) is 8.57. The van der Waals surface area contributed by atoms with E-state index in [2.05, 4.69) is 24.1 Å². The number of nitrogens with one attached hydrogen (secondary N) is 1. The molecule has 0 saturated heterocycles. The molecular weight excluding hydrogens is 316 g/mol. The number of benzene rings is 1. The molecule has 0 unspecified atom stereocenters. The van der Waals surface area contributed by atoms with Gasteiger partial charge in [-0.2, -0.15) is 0 Å². The molecule has 1 aromatic carbocycles. The number of Topliss-reactive ketones (excluding diaryl/α,β-unsaturated/α-hetero) is 1. The minimum Gasteiger partial charge on any atom is -0.441 e. The normalized spacial score (nSPS) is 10.9. The van der Waals surface area contributed by atoms with Crippen LogP contribution in [0.3, 0.4) is 0 Å². The van der Waals surface area contributed by atoms with E-state index >= 15 is 0 Å². The van der Waals surface area contributed by atoms with Gasteiger partial charge in [0.1, 0.15) is 11.5 Å². The Morgan fingerprint density at radius 1 is 1.20 bits per heavy atom. The molecule has 0 radical (unpaired) electrons. The number of rotatable bonds is 8. The van der Waals surface area contributed by atoms with Crippen LogP contribution < -0.4 is 5.32 Å². The van der Waals surface area contributed by atoms with Crippen molar-refractivity contribution in [2.24, 2.45) is 5.92 Å². The number of aromatic nitrogens is 1. The van der Waals surface area contributed by atoms with E-state index in [1.807, 2.05) is 31.2 Å². The smallest absolute Gasteiger partial charge is 0.227 e. The average molecular weight is 342 g/mol. The van der Waals surface area contributed by atoms with E-state index in [4.69, 9.17) is 4.42 Å². The maximum Gasteiger partial charge on any atom is 0.227 e. The van der Waals surface area contributed by atoms with Crippen LogP contribution in [0.2, 0.25) is 0 Å². The number of oxazole rings is 1. The van der Waals surface area contributed by atoms with E-state index in [1.54, 1.807) is 6.92 Å². The van der Waals surface area contributed by atoms with Crippen LogP contribution in [0.1, 0.15) is 43.7 Å². The zero-order valence-corrected chi connectivity index (χ0v) is 15.4. The van der Waals surface area contributed by atoms with Crippen molar-refractivity contribution in [1.82, 2.24) is 10.3 Å². The van der Waals surface area contributed by atoms with Crippen molar-refractivity contribution in [3.8, 4) is 11.5 Å². The Labute approximate surface area is 148 Å². The van der Waals surface area contributed by atoms with Crippen molar-refractivity contribution in [1.29, 1.82) is 0 Å². The molecular formula is C20H26N2O3. The van der Waals surface area contributed by atoms with Gasteiger partial charge < -0.3 is 9.73 Å². The first-order valence-electron chi connectivity index (χ1n) is 8.67. The van der Waals surface area contributed by atoms with Crippen LogP contribution in [0.5, 0.6) is 0 Å². The highest BCUT2D eigenvalue weighted by atomic mass is 16.4. The molecule has 0 atom stereocenters. The zero-order chi connectivity index (χ0) is 18.4. The standard InChI is InChI=1S/C20H26N2O3/c1-13(2)9-10-21-19(24)12-16(23)11-18-15(4)25-20(22-18)17-8-6-5-7-14(17)3/h5-8,13H,9-12H2,1-4H3,(H,21,24). The van der Waals surface area contributed by atoms with E-state index in [0.717, 1.165) is 17.5 Å². The summed E-state index contributed by atoms with van der Waals surface area (Å²) in [4.78, 5) is 28.4. The second-order valence-electron chi connectivity index (χ2n) is 6.76. The zero-order valence-electron chi connectivity index (χ0n) is 15.4. The van der Waals surface area contributed by atoms with Gasteiger partial charge in [0.05, 0.1) is 18.5 Å². The summed E-state index contributed by atoms with van der Waals surface area (Å²) in [5.74, 6) is 1.26. The number of ketones is 1. The minimum atomic E-state index is -0.231. The number of amides is 1. The van der Waals surface area contributed by atoms with Gasteiger partial charge in [-0.1, -0.05) is 32.0 Å². The Hall–Kier alpha value is -2.43. The molecule has 2 rings (SSSR count). The van der Waals surface area contributed by atoms with Crippen molar-refractivity contribution in [2.45, 2.75) is 47.0 Å². The van der Waals surface area contributed by atoms with Crippen LogP contribution in [0, 0.1) is 19.8 Å². The number of aryl methyl sites for hydroxylation is 2. The van der Waals surface area contributed by atoms with Gasteiger partial charge >= 0.3 is 0 Å². The number of carbonyl (C=O) groups is 2. The summed E-state index contributed by atoms with van der Waals surface area (Å²) in [6.07, 6.45) is 0.894. The average Bonchev–Trinajstić information content (AvgIpc) is 2.87. The maximum atomic E-state index is 12.1. The molecule has 0 bridgehead atoms. The number of carbonyl (C=O) groups excluding carboxylic acids is 2. The van der Waals surface area contributed by atoms with Crippen LogP contribution >= 0.6 is 0 Å². The SMILES string of the molecule is Cc1ccccc1-c1nc(CC(=O)CC(=O)NCCC(C)C)c(C)o1. The van der Waals surface area contributed by atoms with Crippen LogP contribution in [-0.4, -0.2) is 23.2 Å². The van der Waals surface area contributed by atoms with E-state index in [9.17, 15) is 9.59 Å². The topological polar surface area (TPSA) is 72.2 Å². The van der Waals surface area contributed by atoms with Gasteiger partial charge in [-0.3, -0.25) is 9.59 Å². The lowest BCUT2D eigenvalue weighted by Crippen LogP contribution is -2.27. The van der Waals surface area contributed by atoms with Crippen molar-refractivity contribution in [3.05, 3.63) is 41.3 Å². The van der Waals surface area contributed by atoms with E-state index in [-0.39, 0.29) is 24.5 Å². The molecule has 2 aromatic rings. The minimum absolute atomic E-state index is 0.110. The molecule has 0 aliphatic rings. The van der Waals surface area contributed by atoms with E-state index in [0.29, 0.717) is 29.8 Å². The monoisotopic (exact) mass is 342 g/mol. The van der Waals surface area contributed by atoms with Crippen molar-refractivity contribution in [3.63, 3.8) is 0 Å². The predicted molar refractivity (Wildman–Crippen MR) is 97.2 cm³/mol. The lowest BCUT2D eigenvalue weighted by Gasteiger charge is -2.06. The van der Waals surface area contributed by atoms with Gasteiger partial charge in [0.2, 0.25) is 11.8 Å². The van der Waals surface area contributed by atoms with Gasteiger partial charge in [0.25, 0.3) is 0 Å². The molecule has 0 fully saturated rings. The summed E-state index contributed by atoms with van der Waals surface area (Å²) in [5.41, 5.74) is 2.57. The van der Waals surface area contributed by atoms with Crippen LogP contribution in [0.25, 0.3) is 11.5 Å². The molecule has 1 heterocycles. The van der Waals surface area contributed by atoms with Crippen molar-refractivity contribution < 1.29 is 14.0 Å². The summed E-state index contributed by atoms with van der Waals surface area (Å²) in [7, 11) is 0. The lowest BCUT2D eigenvalue weighted by molar-refractivity contribution is -0.127. The molecule has 5 heteroatoms. The fourth-order valence-electron chi connectivity index (χ4n) is 2.51. The van der Waals surface area contributed by atoms with E-state index < -0.39 is 0 Å². The molecule has 1 N–H and O–H groups in total. The first-order chi connectivity index (χ1) is 11.9. The second kappa shape index (κ2) is 8.60. The van der Waals surface area contributed by atoms with Gasteiger partial charge in [-0.25, -0.2) is 4.98 Å². The Bertz CT molecular complexity index is 747. The molecule has 1 aromatic heterocycles. The Balaban J connectivity index is 1.95. The lowest BCUT2D eigenvalue weighted by atomic mass is 10.1. The summed E-state index contributed by atoms with van der Waals surface area (Å²) >= 11 is 0. The Morgan fingerprint density at radius 2 is 1.92 bits per heavy atom. The first kappa shape index (κ1) is 18.9. The molecule has 5 nitrogen and oxygen atoms in total. The largest absolute Gasteiger partial charge is 0.441 e. The molecule has 25 heavy (non-hydrogen) atoms. The van der Waals surface area contributed by atoms with Gasteiger partial charge in [0.15, 0.2) is 0 Å².